The Labute approximate surface area is 167 Å². The minimum atomic E-state index is -1.72. The highest BCUT2D eigenvalue weighted by Crippen LogP contribution is 2.32. The number of allylic oxidation sites excluding steroid dienone is 1. The fourth-order valence-corrected chi connectivity index (χ4v) is 3.79. The van der Waals surface area contributed by atoms with Crippen molar-refractivity contribution in [3.8, 4) is 0 Å². The average molecular weight is 395 g/mol. The van der Waals surface area contributed by atoms with Gasteiger partial charge in [-0.1, -0.05) is 26.0 Å². The van der Waals surface area contributed by atoms with Crippen LogP contribution in [0.2, 0.25) is 0 Å². The Morgan fingerprint density at radius 3 is 2.64 bits per heavy atom. The van der Waals surface area contributed by atoms with E-state index in [0.29, 0.717) is 5.57 Å². The molecule has 7 heteroatoms. The molecule has 1 saturated heterocycles. The maximum absolute atomic E-state index is 12.7. The molecule has 0 saturated carbocycles. The van der Waals surface area contributed by atoms with Crippen LogP contribution in [0.1, 0.15) is 41.0 Å². The number of carbonyl (C=O) groups is 2. The summed E-state index contributed by atoms with van der Waals surface area (Å²) in [6, 6.07) is -0.0894. The molecule has 0 aromatic heterocycles. The molecule has 7 nitrogen and oxygen atoms in total. The molecule has 1 N–H and O–H groups in total. The van der Waals surface area contributed by atoms with Crippen molar-refractivity contribution >= 4 is 11.9 Å². The summed E-state index contributed by atoms with van der Waals surface area (Å²) in [5.74, 6) is -1.39. The highest BCUT2D eigenvalue weighted by molar-refractivity contribution is 5.87. The van der Waals surface area contributed by atoms with Crippen molar-refractivity contribution in [2.45, 2.75) is 64.9 Å². The molecule has 0 radical (unpaired) electrons. The van der Waals surface area contributed by atoms with E-state index in [9.17, 15) is 14.7 Å². The lowest BCUT2D eigenvalue weighted by molar-refractivity contribution is -0.186. The van der Waals surface area contributed by atoms with Gasteiger partial charge >= 0.3 is 11.9 Å². The summed E-state index contributed by atoms with van der Waals surface area (Å²) in [6.45, 7) is 10.3. The lowest BCUT2D eigenvalue weighted by Gasteiger charge is -2.34. The Morgan fingerprint density at radius 1 is 1.39 bits per heavy atom. The van der Waals surface area contributed by atoms with Crippen LogP contribution in [0.4, 0.5) is 0 Å². The number of esters is 2. The standard InChI is InChI=1S/C21H33NO6/c1-7-14(4)19(23)28-17-9-11-22-10-8-16(18(17)22)12-27-20(24)21(25,13(2)3)15(5)26-6/h7-8,13,15,17-18,25H,9-12H2,1-6H3/b14-7-/t15-,17+,18-,21-/m1/s1. The van der Waals surface area contributed by atoms with E-state index in [2.05, 4.69) is 4.90 Å². The number of carbonyl (C=O) groups excluding carboxylic acids is 2. The van der Waals surface area contributed by atoms with Crippen LogP contribution in [-0.2, 0) is 23.8 Å². The van der Waals surface area contributed by atoms with Gasteiger partial charge in [0.15, 0.2) is 5.60 Å². The molecule has 28 heavy (non-hydrogen) atoms. The number of aliphatic hydroxyl groups is 1. The van der Waals surface area contributed by atoms with Gasteiger partial charge < -0.3 is 19.3 Å². The second-order valence-corrected chi connectivity index (χ2v) is 7.86. The molecule has 2 rings (SSSR count). The third-order valence-electron chi connectivity index (χ3n) is 5.98. The van der Waals surface area contributed by atoms with Gasteiger partial charge in [0.1, 0.15) is 12.7 Å². The van der Waals surface area contributed by atoms with E-state index < -0.39 is 17.7 Å². The minimum absolute atomic E-state index is 0.0577. The first kappa shape index (κ1) is 22.6. The van der Waals surface area contributed by atoms with E-state index in [0.717, 1.165) is 25.1 Å². The van der Waals surface area contributed by atoms with E-state index in [1.807, 2.05) is 6.08 Å². The molecule has 2 aliphatic heterocycles. The first-order valence-corrected chi connectivity index (χ1v) is 9.86. The molecule has 0 amide bonds. The van der Waals surface area contributed by atoms with Gasteiger partial charge in [0, 0.05) is 25.8 Å². The number of fused-ring (bicyclic) bond motifs is 1. The quantitative estimate of drug-likeness (QED) is 0.381. The van der Waals surface area contributed by atoms with E-state index in [1.165, 1.54) is 7.11 Å². The molecule has 0 aromatic rings. The van der Waals surface area contributed by atoms with E-state index >= 15 is 0 Å². The van der Waals surface area contributed by atoms with E-state index in [-0.39, 0.29) is 30.6 Å². The topological polar surface area (TPSA) is 85.3 Å². The van der Waals surface area contributed by atoms with Gasteiger partial charge in [-0.2, -0.15) is 0 Å². The molecule has 1 fully saturated rings. The zero-order valence-corrected chi connectivity index (χ0v) is 17.7. The van der Waals surface area contributed by atoms with Crippen LogP contribution < -0.4 is 0 Å². The highest BCUT2D eigenvalue weighted by Gasteiger charge is 2.48. The van der Waals surface area contributed by atoms with Crippen LogP contribution in [0.15, 0.2) is 23.3 Å². The second kappa shape index (κ2) is 9.20. The van der Waals surface area contributed by atoms with Gasteiger partial charge in [0.05, 0.1) is 12.1 Å². The summed E-state index contributed by atoms with van der Waals surface area (Å²) in [7, 11) is 1.45. The van der Waals surface area contributed by atoms with Crippen LogP contribution in [0.3, 0.4) is 0 Å². The van der Waals surface area contributed by atoms with Gasteiger partial charge in [-0.3, -0.25) is 4.90 Å². The molecular formula is C21H33NO6. The van der Waals surface area contributed by atoms with Crippen molar-refractivity contribution in [3.63, 3.8) is 0 Å². The smallest absolute Gasteiger partial charge is 0.341 e. The third kappa shape index (κ3) is 4.31. The van der Waals surface area contributed by atoms with E-state index in [1.54, 1.807) is 40.7 Å². The molecule has 158 valence electrons. The van der Waals surface area contributed by atoms with Crippen LogP contribution >= 0.6 is 0 Å². The van der Waals surface area contributed by atoms with Crippen LogP contribution in [-0.4, -0.2) is 72.6 Å². The average Bonchev–Trinajstić information content (AvgIpc) is 3.26. The normalized spacial score (nSPS) is 25.9. The van der Waals surface area contributed by atoms with Crippen LogP contribution in [0.25, 0.3) is 0 Å². The van der Waals surface area contributed by atoms with Crippen molar-refractivity contribution in [1.29, 1.82) is 0 Å². The van der Waals surface area contributed by atoms with Crippen LogP contribution in [0, 0.1) is 5.92 Å². The fraction of sp³-hybridized carbons (Fsp3) is 0.714. The van der Waals surface area contributed by atoms with Crippen molar-refractivity contribution in [1.82, 2.24) is 4.90 Å². The fourth-order valence-electron chi connectivity index (χ4n) is 3.79. The number of hydrogen-bond donors (Lipinski definition) is 1. The summed E-state index contributed by atoms with van der Waals surface area (Å²) in [4.78, 5) is 27.0. The van der Waals surface area contributed by atoms with Crippen molar-refractivity contribution < 1.29 is 28.9 Å². The molecule has 4 atom stereocenters. The number of nitrogens with zero attached hydrogens (tertiary/aromatic N) is 1. The zero-order chi connectivity index (χ0) is 21.1. The largest absolute Gasteiger partial charge is 0.459 e. The van der Waals surface area contributed by atoms with Crippen molar-refractivity contribution in [3.05, 3.63) is 23.3 Å². The van der Waals surface area contributed by atoms with Crippen LogP contribution in [0.5, 0.6) is 0 Å². The van der Waals surface area contributed by atoms with Crippen molar-refractivity contribution in [2.24, 2.45) is 5.92 Å². The molecule has 2 aliphatic rings. The maximum atomic E-state index is 12.7. The zero-order valence-electron chi connectivity index (χ0n) is 17.7. The Kier molecular flexibility index (Phi) is 7.42. The molecule has 0 unspecified atom stereocenters. The second-order valence-electron chi connectivity index (χ2n) is 7.86. The molecular weight excluding hydrogens is 362 g/mol. The molecule has 0 bridgehead atoms. The number of methoxy groups -OCH3 is 1. The Bertz CT molecular complexity index is 655. The highest BCUT2D eigenvalue weighted by atomic mass is 16.6. The SMILES string of the molecule is C/C=C(/C)C(=O)O[C@H]1CCN2CC=C(COC(=O)[C@@](O)(C(C)C)[C@@H](C)OC)[C@H]12. The molecule has 0 aliphatic carbocycles. The van der Waals surface area contributed by atoms with Gasteiger partial charge in [0.2, 0.25) is 0 Å². The maximum Gasteiger partial charge on any atom is 0.341 e. The number of hydrogen-bond acceptors (Lipinski definition) is 7. The molecule has 0 aromatic carbocycles. The summed E-state index contributed by atoms with van der Waals surface area (Å²) < 4.78 is 16.4. The monoisotopic (exact) mass is 395 g/mol. The number of ether oxygens (including phenoxy) is 3. The summed E-state index contributed by atoms with van der Waals surface area (Å²) >= 11 is 0. The first-order chi connectivity index (χ1) is 13.2. The summed E-state index contributed by atoms with van der Waals surface area (Å²) in [5.41, 5.74) is -0.250. The lowest BCUT2D eigenvalue weighted by Crippen LogP contribution is -2.54. The summed E-state index contributed by atoms with van der Waals surface area (Å²) in [6.07, 6.45) is 3.52. The molecule has 2 heterocycles. The van der Waals surface area contributed by atoms with Gasteiger partial charge in [-0.25, -0.2) is 9.59 Å². The Hall–Kier alpha value is -1.70. The number of rotatable bonds is 8. The predicted octanol–water partition coefficient (Wildman–Crippen LogP) is 1.84. The van der Waals surface area contributed by atoms with Gasteiger partial charge in [-0.15, -0.1) is 0 Å². The minimum Gasteiger partial charge on any atom is -0.459 e. The predicted molar refractivity (Wildman–Crippen MR) is 105 cm³/mol. The van der Waals surface area contributed by atoms with E-state index in [4.69, 9.17) is 14.2 Å². The molecule has 0 spiro atoms. The third-order valence-corrected chi connectivity index (χ3v) is 5.98. The summed E-state index contributed by atoms with van der Waals surface area (Å²) in [5, 5.41) is 10.8. The van der Waals surface area contributed by atoms with Crippen molar-refractivity contribution in [2.75, 3.05) is 26.8 Å². The Balaban J connectivity index is 2.04. The van der Waals surface area contributed by atoms with Gasteiger partial charge in [0.25, 0.3) is 0 Å². The lowest BCUT2D eigenvalue weighted by atomic mass is 9.85. The van der Waals surface area contributed by atoms with Gasteiger partial charge in [-0.05, 0) is 38.7 Å². The first-order valence-electron chi connectivity index (χ1n) is 9.86. The Morgan fingerprint density at radius 2 is 2.07 bits per heavy atom.